The minimum absolute atomic E-state index is 0.109. The fourth-order valence-corrected chi connectivity index (χ4v) is 4.06. The van der Waals surface area contributed by atoms with Gasteiger partial charge in [-0.3, -0.25) is 4.79 Å². The van der Waals surface area contributed by atoms with Crippen LogP contribution < -0.4 is 14.2 Å². The Morgan fingerprint density at radius 3 is 2.87 bits per heavy atom. The first-order chi connectivity index (χ1) is 14.6. The Labute approximate surface area is 181 Å². The van der Waals surface area contributed by atoms with Crippen LogP contribution in [0.2, 0.25) is 5.02 Å². The third kappa shape index (κ3) is 4.01. The standard InChI is InChI=1S/C22H15ClN2O4S/c1-27-15-5-3-14(4-6-15)18-11-30-22(25-18)16(10-24)19(26)7-2-13-8-17(23)21-20(9-13)28-12-29-21/h2-9,11,16H,12H2,1H3/b7-2+. The normalized spacial score (nSPS) is 13.2. The average molecular weight is 439 g/mol. The second kappa shape index (κ2) is 8.57. The highest BCUT2D eigenvalue weighted by Crippen LogP contribution is 2.40. The van der Waals surface area contributed by atoms with Crippen LogP contribution >= 0.6 is 22.9 Å². The molecule has 0 fully saturated rings. The smallest absolute Gasteiger partial charge is 0.231 e. The SMILES string of the molecule is COc1ccc(-c2csc(C(C#N)C(=O)/C=C/c3cc(Cl)c4c(c3)OCO4)n2)cc1. The second-order valence-electron chi connectivity index (χ2n) is 6.33. The lowest BCUT2D eigenvalue weighted by atomic mass is 10.0. The highest BCUT2D eigenvalue weighted by atomic mass is 35.5. The number of methoxy groups -OCH3 is 1. The molecule has 0 saturated carbocycles. The molecule has 1 aromatic heterocycles. The van der Waals surface area contributed by atoms with E-state index >= 15 is 0 Å². The summed E-state index contributed by atoms with van der Waals surface area (Å²) in [7, 11) is 1.60. The van der Waals surface area contributed by atoms with Gasteiger partial charge in [-0.1, -0.05) is 17.7 Å². The topological polar surface area (TPSA) is 81.4 Å². The molecule has 0 saturated heterocycles. The maximum Gasteiger partial charge on any atom is 0.231 e. The van der Waals surface area contributed by atoms with Gasteiger partial charge in [0.1, 0.15) is 10.8 Å². The van der Waals surface area contributed by atoms with Crippen molar-refractivity contribution in [1.82, 2.24) is 4.98 Å². The first-order valence-corrected chi connectivity index (χ1v) is 10.2. The van der Waals surface area contributed by atoms with Crippen molar-refractivity contribution in [1.29, 1.82) is 5.26 Å². The summed E-state index contributed by atoms with van der Waals surface area (Å²) in [6.45, 7) is 0.109. The largest absolute Gasteiger partial charge is 0.497 e. The van der Waals surface area contributed by atoms with Crippen molar-refractivity contribution in [2.75, 3.05) is 13.9 Å². The van der Waals surface area contributed by atoms with Gasteiger partial charge in [0.25, 0.3) is 0 Å². The van der Waals surface area contributed by atoms with E-state index in [4.69, 9.17) is 25.8 Å². The number of fused-ring (bicyclic) bond motifs is 1. The zero-order valence-corrected chi connectivity index (χ0v) is 17.4. The molecule has 0 radical (unpaired) electrons. The van der Waals surface area contributed by atoms with E-state index in [0.717, 1.165) is 11.3 Å². The third-order valence-electron chi connectivity index (χ3n) is 4.46. The molecular weight excluding hydrogens is 424 g/mol. The summed E-state index contributed by atoms with van der Waals surface area (Å²) in [5.41, 5.74) is 2.26. The van der Waals surface area contributed by atoms with Gasteiger partial charge in [0.05, 0.1) is 23.9 Å². The number of ether oxygens (including phenoxy) is 3. The molecule has 2 aromatic carbocycles. The highest BCUT2D eigenvalue weighted by Gasteiger charge is 2.22. The fourth-order valence-electron chi connectivity index (χ4n) is 2.91. The van der Waals surface area contributed by atoms with Gasteiger partial charge in [0.15, 0.2) is 23.2 Å². The molecule has 3 aromatic rings. The van der Waals surface area contributed by atoms with Crippen LogP contribution in [0.25, 0.3) is 17.3 Å². The lowest BCUT2D eigenvalue weighted by Crippen LogP contribution is -2.07. The first-order valence-electron chi connectivity index (χ1n) is 8.89. The zero-order valence-electron chi connectivity index (χ0n) is 15.8. The molecule has 30 heavy (non-hydrogen) atoms. The van der Waals surface area contributed by atoms with E-state index in [1.807, 2.05) is 35.7 Å². The van der Waals surface area contributed by atoms with Gasteiger partial charge in [0.2, 0.25) is 6.79 Å². The zero-order chi connectivity index (χ0) is 21.1. The number of allylic oxidation sites excluding steroid dienone is 1. The van der Waals surface area contributed by atoms with Crippen molar-refractivity contribution in [2.45, 2.75) is 5.92 Å². The van der Waals surface area contributed by atoms with Crippen molar-refractivity contribution < 1.29 is 19.0 Å². The summed E-state index contributed by atoms with van der Waals surface area (Å²) < 4.78 is 15.8. The molecule has 1 atom stereocenters. The Hall–Kier alpha value is -3.34. The van der Waals surface area contributed by atoms with Gasteiger partial charge < -0.3 is 14.2 Å². The number of benzene rings is 2. The number of rotatable bonds is 6. The van der Waals surface area contributed by atoms with Crippen molar-refractivity contribution >= 4 is 34.8 Å². The molecule has 2 heterocycles. The number of thiazole rings is 1. The molecule has 0 bridgehead atoms. The highest BCUT2D eigenvalue weighted by molar-refractivity contribution is 7.10. The predicted octanol–water partition coefficient (Wildman–Crippen LogP) is 5.09. The summed E-state index contributed by atoms with van der Waals surface area (Å²) >= 11 is 7.44. The minimum Gasteiger partial charge on any atom is -0.497 e. The summed E-state index contributed by atoms with van der Waals surface area (Å²) in [4.78, 5) is 17.1. The van der Waals surface area contributed by atoms with E-state index in [-0.39, 0.29) is 12.6 Å². The number of hydrogen-bond acceptors (Lipinski definition) is 7. The van der Waals surface area contributed by atoms with Crippen LogP contribution in [0.15, 0.2) is 47.9 Å². The number of carbonyl (C=O) groups is 1. The van der Waals surface area contributed by atoms with Gasteiger partial charge in [0, 0.05) is 10.9 Å². The Balaban J connectivity index is 1.52. The van der Waals surface area contributed by atoms with Crippen LogP contribution in [0.1, 0.15) is 16.5 Å². The maximum atomic E-state index is 12.6. The van der Waals surface area contributed by atoms with E-state index in [0.29, 0.717) is 32.8 Å². The molecule has 4 rings (SSSR count). The predicted molar refractivity (Wildman–Crippen MR) is 114 cm³/mol. The molecule has 6 nitrogen and oxygen atoms in total. The van der Waals surface area contributed by atoms with Crippen molar-refractivity contribution in [3.05, 3.63) is 63.4 Å². The van der Waals surface area contributed by atoms with Crippen LogP contribution in [0.4, 0.5) is 0 Å². The molecule has 1 unspecified atom stereocenters. The molecule has 0 N–H and O–H groups in total. The molecule has 1 aliphatic heterocycles. The Bertz CT molecular complexity index is 1160. The van der Waals surface area contributed by atoms with Gasteiger partial charge in [-0.25, -0.2) is 4.98 Å². The van der Waals surface area contributed by atoms with Gasteiger partial charge in [-0.05, 0) is 48.0 Å². The van der Waals surface area contributed by atoms with Crippen LogP contribution in [0.3, 0.4) is 0 Å². The quantitative estimate of drug-likeness (QED) is 0.498. The van der Waals surface area contributed by atoms with E-state index < -0.39 is 5.92 Å². The minimum atomic E-state index is -0.984. The van der Waals surface area contributed by atoms with E-state index in [1.54, 1.807) is 25.3 Å². The van der Waals surface area contributed by atoms with Crippen LogP contribution in [-0.4, -0.2) is 24.7 Å². The molecular formula is C22H15ClN2O4S. The Kier molecular flexibility index (Phi) is 5.70. The van der Waals surface area contributed by atoms with Crippen LogP contribution in [0.5, 0.6) is 17.2 Å². The van der Waals surface area contributed by atoms with Crippen LogP contribution in [0, 0.1) is 11.3 Å². The summed E-state index contributed by atoms with van der Waals surface area (Å²) in [6, 6.07) is 12.9. The number of halogens is 1. The van der Waals surface area contributed by atoms with Gasteiger partial charge in [-0.15, -0.1) is 11.3 Å². The summed E-state index contributed by atoms with van der Waals surface area (Å²) in [5, 5.41) is 12.2. The van der Waals surface area contributed by atoms with Crippen molar-refractivity contribution in [3.63, 3.8) is 0 Å². The molecule has 0 amide bonds. The lowest BCUT2D eigenvalue weighted by Gasteiger charge is -2.03. The summed E-state index contributed by atoms with van der Waals surface area (Å²) in [5.74, 6) is 0.414. The molecule has 150 valence electrons. The number of aromatic nitrogens is 1. The fraction of sp³-hybridized carbons (Fsp3) is 0.136. The first kappa shape index (κ1) is 20.0. The Morgan fingerprint density at radius 2 is 2.13 bits per heavy atom. The molecule has 8 heteroatoms. The monoisotopic (exact) mass is 438 g/mol. The van der Waals surface area contributed by atoms with Crippen LogP contribution in [-0.2, 0) is 4.79 Å². The Morgan fingerprint density at radius 1 is 1.33 bits per heavy atom. The van der Waals surface area contributed by atoms with Gasteiger partial charge in [-0.2, -0.15) is 5.26 Å². The van der Waals surface area contributed by atoms with Crippen molar-refractivity contribution in [2.24, 2.45) is 0 Å². The number of ketones is 1. The van der Waals surface area contributed by atoms with E-state index in [9.17, 15) is 10.1 Å². The molecule has 0 spiro atoms. The third-order valence-corrected chi connectivity index (χ3v) is 5.65. The lowest BCUT2D eigenvalue weighted by molar-refractivity contribution is -0.114. The maximum absolute atomic E-state index is 12.6. The van der Waals surface area contributed by atoms with E-state index in [1.165, 1.54) is 17.4 Å². The molecule has 1 aliphatic rings. The number of hydrogen-bond donors (Lipinski definition) is 0. The number of nitrogens with zero attached hydrogens (tertiary/aromatic N) is 2. The van der Waals surface area contributed by atoms with E-state index in [2.05, 4.69) is 4.98 Å². The second-order valence-corrected chi connectivity index (χ2v) is 7.63. The van der Waals surface area contributed by atoms with Gasteiger partial charge >= 0.3 is 0 Å². The summed E-state index contributed by atoms with van der Waals surface area (Å²) in [6.07, 6.45) is 2.95. The van der Waals surface area contributed by atoms with Crippen molar-refractivity contribution in [3.8, 4) is 34.6 Å². The average Bonchev–Trinajstić information content (AvgIpc) is 3.43. The molecule has 0 aliphatic carbocycles. The number of nitriles is 1. The number of carbonyl (C=O) groups excluding carboxylic acids is 1.